The largest absolute Gasteiger partial charge is 0.496 e. The number of ether oxygens (including phenoxy) is 1. The van der Waals surface area contributed by atoms with Crippen molar-refractivity contribution in [3.8, 4) is 5.75 Å². The lowest BCUT2D eigenvalue weighted by Crippen LogP contribution is -2.47. The highest BCUT2D eigenvalue weighted by atomic mass is 19.1. The fourth-order valence-corrected chi connectivity index (χ4v) is 3.68. The zero-order chi connectivity index (χ0) is 15.6. The second-order valence-electron chi connectivity index (χ2n) is 6.36. The summed E-state index contributed by atoms with van der Waals surface area (Å²) in [6, 6.07) is 4.51. The van der Waals surface area contributed by atoms with E-state index in [1.165, 1.54) is 26.0 Å². The molecule has 0 aromatic heterocycles. The molecule has 0 bridgehead atoms. The second-order valence-corrected chi connectivity index (χ2v) is 6.36. The van der Waals surface area contributed by atoms with E-state index in [4.69, 9.17) is 4.74 Å². The first kappa shape index (κ1) is 15.3. The molecule has 0 radical (unpaired) electrons. The van der Waals surface area contributed by atoms with Gasteiger partial charge in [0.1, 0.15) is 17.1 Å². The van der Waals surface area contributed by atoms with E-state index >= 15 is 0 Å². The number of nitrogens with one attached hydrogen (secondary N) is 1. The molecule has 0 unspecified atom stereocenters. The molecule has 5 heteroatoms. The van der Waals surface area contributed by atoms with Gasteiger partial charge in [0.2, 0.25) is 0 Å². The summed E-state index contributed by atoms with van der Waals surface area (Å²) in [6.07, 6.45) is 4.38. The number of piperidine rings is 2. The summed E-state index contributed by atoms with van der Waals surface area (Å²) in [7, 11) is 1.46. The molecule has 2 saturated heterocycles. The molecule has 1 N–H and O–H groups in total. The van der Waals surface area contributed by atoms with E-state index in [2.05, 4.69) is 5.32 Å². The van der Waals surface area contributed by atoms with Crippen LogP contribution in [0, 0.1) is 11.2 Å². The molecule has 0 saturated carbocycles. The van der Waals surface area contributed by atoms with Crippen LogP contribution in [0.25, 0.3) is 0 Å². The number of hydrogen-bond donors (Lipinski definition) is 1. The van der Waals surface area contributed by atoms with Crippen LogP contribution in [0.4, 0.5) is 4.39 Å². The highest BCUT2D eigenvalue weighted by Gasteiger charge is 2.37. The van der Waals surface area contributed by atoms with Crippen molar-refractivity contribution >= 4 is 5.91 Å². The van der Waals surface area contributed by atoms with E-state index in [0.717, 1.165) is 25.9 Å². The van der Waals surface area contributed by atoms with Crippen molar-refractivity contribution in [2.24, 2.45) is 5.41 Å². The number of amides is 1. The van der Waals surface area contributed by atoms with E-state index in [1.807, 2.05) is 0 Å². The number of methoxy groups -OCH3 is 1. The van der Waals surface area contributed by atoms with Crippen molar-refractivity contribution in [1.29, 1.82) is 0 Å². The third kappa shape index (κ3) is 2.82. The Morgan fingerprint density at radius 3 is 2.55 bits per heavy atom. The molecule has 120 valence electrons. The minimum absolute atomic E-state index is 0.0614. The van der Waals surface area contributed by atoms with E-state index in [1.54, 1.807) is 17.0 Å². The predicted octanol–water partition coefficient (Wildman–Crippen LogP) is 2.44. The van der Waals surface area contributed by atoms with Gasteiger partial charge in [-0.05, 0) is 56.3 Å². The normalized spacial score (nSPS) is 20.9. The number of rotatable bonds is 2. The molecule has 1 aromatic rings. The Morgan fingerprint density at radius 1 is 1.23 bits per heavy atom. The molecular weight excluding hydrogens is 283 g/mol. The van der Waals surface area contributed by atoms with Crippen LogP contribution in [0.2, 0.25) is 0 Å². The third-order valence-corrected chi connectivity index (χ3v) is 5.18. The number of likely N-dealkylation sites (tertiary alicyclic amines) is 1. The lowest BCUT2D eigenvalue weighted by Gasteiger charge is -2.44. The molecule has 2 fully saturated rings. The summed E-state index contributed by atoms with van der Waals surface area (Å²) in [5.74, 6) is -0.447. The highest BCUT2D eigenvalue weighted by molar-refractivity contribution is 5.97. The monoisotopic (exact) mass is 306 g/mol. The maximum Gasteiger partial charge on any atom is 0.260 e. The molecule has 2 aliphatic rings. The standard InChI is InChI=1S/C17H23FN2O2/c1-22-14-4-2-3-13(18)15(14)16(21)20-11-7-17(8-12-20)5-9-19-10-6-17/h2-4,19H,5-12H2,1H3. The first-order valence-electron chi connectivity index (χ1n) is 7.98. The first-order chi connectivity index (χ1) is 10.7. The smallest absolute Gasteiger partial charge is 0.260 e. The number of benzene rings is 1. The quantitative estimate of drug-likeness (QED) is 0.912. The molecule has 4 nitrogen and oxygen atoms in total. The number of carbonyl (C=O) groups is 1. The summed E-state index contributed by atoms with van der Waals surface area (Å²) >= 11 is 0. The Morgan fingerprint density at radius 2 is 1.91 bits per heavy atom. The maximum absolute atomic E-state index is 14.1. The van der Waals surface area contributed by atoms with Gasteiger partial charge in [-0.3, -0.25) is 4.79 Å². The van der Waals surface area contributed by atoms with Crippen LogP contribution in [-0.4, -0.2) is 44.1 Å². The van der Waals surface area contributed by atoms with Gasteiger partial charge >= 0.3 is 0 Å². The third-order valence-electron chi connectivity index (χ3n) is 5.18. The Bertz CT molecular complexity index is 546. The second kappa shape index (κ2) is 6.24. The average Bonchev–Trinajstić information content (AvgIpc) is 2.55. The van der Waals surface area contributed by atoms with E-state index in [0.29, 0.717) is 24.3 Å². The maximum atomic E-state index is 14.1. The summed E-state index contributed by atoms with van der Waals surface area (Å²) in [5.41, 5.74) is 0.438. The van der Waals surface area contributed by atoms with Crippen molar-refractivity contribution in [2.75, 3.05) is 33.3 Å². The zero-order valence-electron chi connectivity index (χ0n) is 13.0. The Hall–Kier alpha value is -1.62. The number of carbonyl (C=O) groups excluding carboxylic acids is 1. The van der Waals surface area contributed by atoms with Gasteiger partial charge in [0.05, 0.1) is 7.11 Å². The summed E-state index contributed by atoms with van der Waals surface area (Å²) < 4.78 is 19.2. The molecule has 1 aromatic carbocycles. The first-order valence-corrected chi connectivity index (χ1v) is 7.98. The molecular formula is C17H23FN2O2. The van der Waals surface area contributed by atoms with Gasteiger partial charge < -0.3 is 15.0 Å². The SMILES string of the molecule is COc1cccc(F)c1C(=O)N1CCC2(CCNCC2)CC1. The van der Waals surface area contributed by atoms with Crippen LogP contribution in [0.5, 0.6) is 5.75 Å². The Labute approximate surface area is 130 Å². The van der Waals surface area contributed by atoms with Crippen LogP contribution >= 0.6 is 0 Å². The Kier molecular flexibility index (Phi) is 4.34. The Balaban J connectivity index is 1.72. The van der Waals surface area contributed by atoms with E-state index < -0.39 is 5.82 Å². The summed E-state index contributed by atoms with van der Waals surface area (Å²) in [5, 5.41) is 3.39. The predicted molar refractivity (Wildman–Crippen MR) is 82.6 cm³/mol. The molecule has 22 heavy (non-hydrogen) atoms. The zero-order valence-corrected chi connectivity index (χ0v) is 13.0. The molecule has 0 aliphatic carbocycles. The minimum atomic E-state index is -0.508. The molecule has 1 amide bonds. The van der Waals surface area contributed by atoms with Crippen LogP contribution in [0.15, 0.2) is 18.2 Å². The summed E-state index contributed by atoms with van der Waals surface area (Å²) in [6.45, 7) is 3.54. The van der Waals surface area contributed by atoms with Gasteiger partial charge in [-0.1, -0.05) is 6.07 Å². The van der Waals surface area contributed by atoms with Crippen LogP contribution < -0.4 is 10.1 Å². The molecule has 2 aliphatic heterocycles. The van der Waals surface area contributed by atoms with Crippen molar-refractivity contribution in [2.45, 2.75) is 25.7 Å². The molecule has 3 rings (SSSR count). The fourth-order valence-electron chi connectivity index (χ4n) is 3.68. The van der Waals surface area contributed by atoms with Crippen molar-refractivity contribution in [3.63, 3.8) is 0 Å². The molecule has 2 heterocycles. The minimum Gasteiger partial charge on any atom is -0.496 e. The molecule has 0 atom stereocenters. The van der Waals surface area contributed by atoms with Gasteiger partial charge in [-0.25, -0.2) is 4.39 Å². The van der Waals surface area contributed by atoms with Gasteiger partial charge in [0.15, 0.2) is 0 Å². The lowest BCUT2D eigenvalue weighted by molar-refractivity contribution is 0.0489. The van der Waals surface area contributed by atoms with Crippen LogP contribution in [0.3, 0.4) is 0 Å². The number of halogens is 1. The van der Waals surface area contributed by atoms with Gasteiger partial charge in [-0.15, -0.1) is 0 Å². The van der Waals surface area contributed by atoms with Gasteiger partial charge in [0.25, 0.3) is 5.91 Å². The van der Waals surface area contributed by atoms with E-state index in [9.17, 15) is 9.18 Å². The fraction of sp³-hybridized carbons (Fsp3) is 0.588. The number of hydrogen-bond acceptors (Lipinski definition) is 3. The topological polar surface area (TPSA) is 41.6 Å². The summed E-state index contributed by atoms with van der Waals surface area (Å²) in [4.78, 5) is 14.4. The van der Waals surface area contributed by atoms with Crippen LogP contribution in [0.1, 0.15) is 36.0 Å². The van der Waals surface area contributed by atoms with Gasteiger partial charge in [0, 0.05) is 13.1 Å². The highest BCUT2D eigenvalue weighted by Crippen LogP contribution is 2.40. The number of nitrogens with zero attached hydrogens (tertiary/aromatic N) is 1. The average molecular weight is 306 g/mol. The molecule has 1 spiro atoms. The van der Waals surface area contributed by atoms with Crippen LogP contribution in [-0.2, 0) is 0 Å². The lowest BCUT2D eigenvalue weighted by atomic mass is 9.71. The van der Waals surface area contributed by atoms with Crippen molar-refractivity contribution in [3.05, 3.63) is 29.6 Å². The van der Waals surface area contributed by atoms with E-state index in [-0.39, 0.29) is 11.5 Å². The van der Waals surface area contributed by atoms with Gasteiger partial charge in [-0.2, -0.15) is 0 Å². The van der Waals surface area contributed by atoms with Crippen molar-refractivity contribution in [1.82, 2.24) is 10.2 Å². The van der Waals surface area contributed by atoms with Crippen molar-refractivity contribution < 1.29 is 13.9 Å².